The van der Waals surface area contributed by atoms with Gasteiger partial charge in [0.05, 0.1) is 0 Å². The summed E-state index contributed by atoms with van der Waals surface area (Å²) in [6, 6.07) is 26.6. The van der Waals surface area contributed by atoms with Gasteiger partial charge < -0.3 is 9.73 Å². The molecule has 1 heterocycles. The van der Waals surface area contributed by atoms with Crippen molar-refractivity contribution < 1.29 is 9.21 Å². The average molecular weight is 369 g/mol. The summed E-state index contributed by atoms with van der Waals surface area (Å²) in [6.07, 6.45) is 0. The molecule has 0 aliphatic carbocycles. The molecule has 4 rings (SSSR count). The Morgan fingerprint density at radius 1 is 0.857 bits per heavy atom. The van der Waals surface area contributed by atoms with Gasteiger partial charge in [-0.3, -0.25) is 4.79 Å². The first-order valence-electron chi connectivity index (χ1n) is 9.02. The number of aromatic nitrogens is 2. The smallest absolute Gasteiger partial charge is 0.252 e. The molecule has 1 aromatic heterocycles. The molecule has 0 saturated heterocycles. The number of nitrogens with zero attached hydrogens (tertiary/aromatic N) is 2. The summed E-state index contributed by atoms with van der Waals surface area (Å²) in [6.45, 7) is 1.73. The number of hydrogen-bond acceptors (Lipinski definition) is 4. The van der Waals surface area contributed by atoms with E-state index < -0.39 is 6.04 Å². The molecule has 1 unspecified atom stereocenters. The standard InChI is InChI=1S/C23H19N3O2/c1-16-25-26-23(28-16)21(18-11-6-3-7-12-18)24-22(27)20-14-8-13-19(15-20)17-9-4-2-5-10-17/h2-15,21H,1H3,(H,24,27). The minimum Gasteiger partial charge on any atom is -0.423 e. The van der Waals surface area contributed by atoms with Crippen molar-refractivity contribution in [3.8, 4) is 11.1 Å². The Balaban J connectivity index is 1.63. The lowest BCUT2D eigenvalue weighted by Crippen LogP contribution is -2.29. The Morgan fingerprint density at radius 2 is 1.54 bits per heavy atom. The van der Waals surface area contributed by atoms with Crippen molar-refractivity contribution in [3.05, 3.63) is 108 Å². The van der Waals surface area contributed by atoms with Gasteiger partial charge in [0.15, 0.2) is 0 Å². The summed E-state index contributed by atoms with van der Waals surface area (Å²) in [5, 5.41) is 11.0. The molecule has 1 atom stereocenters. The quantitative estimate of drug-likeness (QED) is 0.560. The van der Waals surface area contributed by atoms with E-state index in [-0.39, 0.29) is 5.91 Å². The summed E-state index contributed by atoms with van der Waals surface area (Å²) in [5.74, 6) is 0.606. The molecule has 138 valence electrons. The minimum atomic E-state index is -0.518. The molecular formula is C23H19N3O2. The topological polar surface area (TPSA) is 68.0 Å². The molecule has 3 aromatic carbocycles. The number of nitrogens with one attached hydrogen (secondary N) is 1. The number of carbonyl (C=O) groups excluding carboxylic acids is 1. The summed E-state index contributed by atoms with van der Waals surface area (Å²) in [4.78, 5) is 13.0. The van der Waals surface area contributed by atoms with Crippen molar-refractivity contribution >= 4 is 5.91 Å². The van der Waals surface area contributed by atoms with Crippen molar-refractivity contribution in [2.45, 2.75) is 13.0 Å². The number of hydrogen-bond donors (Lipinski definition) is 1. The predicted octanol–water partition coefficient (Wildman–Crippen LogP) is 4.56. The minimum absolute atomic E-state index is 0.206. The summed E-state index contributed by atoms with van der Waals surface area (Å²) < 4.78 is 5.59. The van der Waals surface area contributed by atoms with E-state index in [0.717, 1.165) is 16.7 Å². The fraction of sp³-hybridized carbons (Fsp3) is 0.0870. The molecule has 0 fully saturated rings. The van der Waals surface area contributed by atoms with Gasteiger partial charge in [0.25, 0.3) is 5.91 Å². The van der Waals surface area contributed by atoms with Crippen LogP contribution in [-0.4, -0.2) is 16.1 Å². The van der Waals surface area contributed by atoms with E-state index in [2.05, 4.69) is 15.5 Å². The largest absolute Gasteiger partial charge is 0.423 e. The molecule has 5 heteroatoms. The number of amides is 1. The number of aryl methyl sites for hydroxylation is 1. The highest BCUT2D eigenvalue weighted by molar-refractivity contribution is 5.95. The van der Waals surface area contributed by atoms with Crippen LogP contribution in [0.3, 0.4) is 0 Å². The second-order valence-electron chi connectivity index (χ2n) is 6.42. The first-order chi connectivity index (χ1) is 13.7. The third-order valence-corrected chi connectivity index (χ3v) is 4.43. The molecule has 0 aliphatic rings. The first-order valence-corrected chi connectivity index (χ1v) is 9.02. The molecule has 0 bridgehead atoms. The average Bonchev–Trinajstić information content (AvgIpc) is 3.19. The molecule has 4 aromatic rings. The van der Waals surface area contributed by atoms with Crippen LogP contribution in [-0.2, 0) is 0 Å². The second-order valence-corrected chi connectivity index (χ2v) is 6.42. The van der Waals surface area contributed by atoms with Crippen LogP contribution in [0.1, 0.15) is 33.7 Å². The van der Waals surface area contributed by atoms with E-state index in [1.807, 2.05) is 78.9 Å². The Labute approximate surface area is 163 Å². The number of rotatable bonds is 5. The van der Waals surface area contributed by atoms with Gasteiger partial charge in [-0.15, -0.1) is 10.2 Å². The van der Waals surface area contributed by atoms with E-state index in [0.29, 0.717) is 17.3 Å². The highest BCUT2D eigenvalue weighted by Crippen LogP contribution is 2.23. The Bertz CT molecular complexity index is 1080. The third-order valence-electron chi connectivity index (χ3n) is 4.43. The maximum absolute atomic E-state index is 13.0. The molecule has 0 radical (unpaired) electrons. The van der Waals surface area contributed by atoms with E-state index in [1.165, 1.54) is 0 Å². The normalized spacial score (nSPS) is 11.8. The molecular weight excluding hydrogens is 350 g/mol. The van der Waals surface area contributed by atoms with E-state index >= 15 is 0 Å². The third kappa shape index (κ3) is 3.83. The van der Waals surface area contributed by atoms with E-state index in [9.17, 15) is 4.79 Å². The first kappa shape index (κ1) is 17.7. The van der Waals surface area contributed by atoms with Gasteiger partial charge in [0, 0.05) is 12.5 Å². The molecule has 5 nitrogen and oxygen atoms in total. The summed E-state index contributed by atoms with van der Waals surface area (Å²) in [5.41, 5.74) is 3.49. The molecule has 1 N–H and O–H groups in total. The lowest BCUT2D eigenvalue weighted by Gasteiger charge is -2.16. The Kier molecular flexibility index (Phi) is 4.97. The molecule has 1 amide bonds. The van der Waals surface area contributed by atoms with Crippen molar-refractivity contribution in [1.29, 1.82) is 0 Å². The zero-order valence-electron chi connectivity index (χ0n) is 15.4. The second kappa shape index (κ2) is 7.88. The number of carbonyl (C=O) groups is 1. The van der Waals surface area contributed by atoms with Crippen molar-refractivity contribution in [3.63, 3.8) is 0 Å². The summed E-state index contributed by atoms with van der Waals surface area (Å²) in [7, 11) is 0. The maximum atomic E-state index is 13.0. The fourth-order valence-electron chi connectivity index (χ4n) is 3.05. The van der Waals surface area contributed by atoms with Gasteiger partial charge in [-0.2, -0.15) is 0 Å². The van der Waals surface area contributed by atoms with Gasteiger partial charge in [-0.25, -0.2) is 0 Å². The molecule has 28 heavy (non-hydrogen) atoms. The zero-order valence-corrected chi connectivity index (χ0v) is 15.4. The fourth-order valence-corrected chi connectivity index (χ4v) is 3.05. The van der Waals surface area contributed by atoms with Crippen molar-refractivity contribution in [1.82, 2.24) is 15.5 Å². The summed E-state index contributed by atoms with van der Waals surface area (Å²) >= 11 is 0. The van der Waals surface area contributed by atoms with Crippen LogP contribution in [0.4, 0.5) is 0 Å². The van der Waals surface area contributed by atoms with Gasteiger partial charge in [0.1, 0.15) is 6.04 Å². The van der Waals surface area contributed by atoms with Gasteiger partial charge in [0.2, 0.25) is 11.8 Å². The van der Waals surface area contributed by atoms with Crippen LogP contribution in [0.5, 0.6) is 0 Å². The van der Waals surface area contributed by atoms with Crippen LogP contribution >= 0.6 is 0 Å². The lowest BCUT2D eigenvalue weighted by atomic mass is 10.0. The SMILES string of the molecule is Cc1nnc(C(NC(=O)c2cccc(-c3ccccc3)c2)c2ccccc2)o1. The van der Waals surface area contributed by atoms with Crippen molar-refractivity contribution in [2.75, 3.05) is 0 Å². The van der Waals surface area contributed by atoms with Crippen molar-refractivity contribution in [2.24, 2.45) is 0 Å². The Morgan fingerprint density at radius 3 is 2.21 bits per heavy atom. The van der Waals surface area contributed by atoms with Gasteiger partial charge in [-0.1, -0.05) is 72.8 Å². The van der Waals surface area contributed by atoms with Gasteiger partial charge in [-0.05, 0) is 28.8 Å². The molecule has 0 aliphatic heterocycles. The van der Waals surface area contributed by atoms with Gasteiger partial charge >= 0.3 is 0 Å². The van der Waals surface area contributed by atoms with E-state index in [4.69, 9.17) is 4.42 Å². The van der Waals surface area contributed by atoms with Crippen LogP contribution in [0.15, 0.2) is 89.3 Å². The monoisotopic (exact) mass is 369 g/mol. The lowest BCUT2D eigenvalue weighted by molar-refractivity contribution is 0.0937. The highest BCUT2D eigenvalue weighted by atomic mass is 16.4. The van der Waals surface area contributed by atoms with Crippen LogP contribution in [0, 0.1) is 6.92 Å². The van der Waals surface area contributed by atoms with E-state index in [1.54, 1.807) is 13.0 Å². The maximum Gasteiger partial charge on any atom is 0.252 e. The van der Waals surface area contributed by atoms with Crippen LogP contribution < -0.4 is 5.32 Å². The molecule has 0 spiro atoms. The van der Waals surface area contributed by atoms with Crippen LogP contribution in [0.25, 0.3) is 11.1 Å². The number of benzene rings is 3. The molecule has 0 saturated carbocycles. The predicted molar refractivity (Wildman–Crippen MR) is 107 cm³/mol. The zero-order chi connectivity index (χ0) is 19.3. The van der Waals surface area contributed by atoms with Crippen LogP contribution in [0.2, 0.25) is 0 Å². The highest BCUT2D eigenvalue weighted by Gasteiger charge is 2.23. The Hall–Kier alpha value is -3.73.